The second kappa shape index (κ2) is 8.85. The summed E-state index contributed by atoms with van der Waals surface area (Å²) in [6.07, 6.45) is 0.349. The molecule has 0 aromatic heterocycles. The van der Waals surface area contributed by atoms with Crippen molar-refractivity contribution in [3.8, 4) is 0 Å². The van der Waals surface area contributed by atoms with Gasteiger partial charge in [-0.1, -0.05) is 6.92 Å². The van der Waals surface area contributed by atoms with E-state index in [0.717, 1.165) is 13.2 Å². The number of hydrogen-bond acceptors (Lipinski definition) is 3. The van der Waals surface area contributed by atoms with Gasteiger partial charge in [0.2, 0.25) is 0 Å². The monoisotopic (exact) mass is 205 g/mol. The van der Waals surface area contributed by atoms with Gasteiger partial charge in [0.1, 0.15) is 0 Å². The second-order valence-corrected chi connectivity index (χ2v) is 4.75. The molecule has 80 valence electrons. The van der Waals surface area contributed by atoms with E-state index in [1.54, 1.807) is 0 Å². The zero-order chi connectivity index (χ0) is 10.1. The lowest BCUT2D eigenvalue weighted by Crippen LogP contribution is -2.31. The van der Waals surface area contributed by atoms with Crippen LogP contribution in [0.5, 0.6) is 0 Å². The van der Waals surface area contributed by atoms with Gasteiger partial charge in [0.15, 0.2) is 0 Å². The van der Waals surface area contributed by atoms with Crippen LogP contribution in [-0.4, -0.2) is 36.8 Å². The van der Waals surface area contributed by atoms with Gasteiger partial charge < -0.3 is 10.1 Å². The van der Waals surface area contributed by atoms with Gasteiger partial charge in [0.05, 0.1) is 12.7 Å². The second-order valence-electron chi connectivity index (χ2n) is 3.43. The average Bonchev–Trinajstić information content (AvgIpc) is 2.08. The summed E-state index contributed by atoms with van der Waals surface area (Å²) in [5, 5.41) is 3.43. The maximum Gasteiger partial charge on any atom is 0.0594 e. The molecule has 0 aliphatic carbocycles. The minimum atomic E-state index is 0.349. The molecule has 13 heavy (non-hydrogen) atoms. The summed E-state index contributed by atoms with van der Waals surface area (Å²) < 4.78 is 5.43. The summed E-state index contributed by atoms with van der Waals surface area (Å²) in [7, 11) is 0. The molecule has 0 saturated carbocycles. The molecule has 0 aromatic carbocycles. The summed E-state index contributed by atoms with van der Waals surface area (Å²) in [6, 6.07) is 0.598. The fourth-order valence-corrected chi connectivity index (χ4v) is 1.66. The Balaban J connectivity index is 3.12. The molecular formula is C10H23NOS. The summed E-state index contributed by atoms with van der Waals surface area (Å²) in [5.74, 6) is 2.40. The smallest absolute Gasteiger partial charge is 0.0594 e. The molecule has 3 heteroatoms. The minimum absolute atomic E-state index is 0.349. The highest BCUT2D eigenvalue weighted by atomic mass is 32.2. The minimum Gasteiger partial charge on any atom is -0.377 e. The van der Waals surface area contributed by atoms with E-state index < -0.39 is 0 Å². The lowest BCUT2D eigenvalue weighted by atomic mass is 10.4. The number of ether oxygens (including phenoxy) is 1. The van der Waals surface area contributed by atoms with Crippen LogP contribution in [0.15, 0.2) is 0 Å². The first kappa shape index (κ1) is 13.3. The molecule has 0 rings (SSSR count). The highest BCUT2D eigenvalue weighted by Gasteiger charge is 1.99. The van der Waals surface area contributed by atoms with Crippen LogP contribution in [0.1, 0.15) is 27.7 Å². The molecule has 0 aliphatic rings. The molecule has 0 saturated heterocycles. The van der Waals surface area contributed by atoms with E-state index in [4.69, 9.17) is 4.74 Å². The number of nitrogens with one attached hydrogen (secondary N) is 1. The number of hydrogen-bond donors (Lipinski definition) is 1. The third-order valence-corrected chi connectivity index (χ3v) is 2.76. The number of thioether (sulfide) groups is 1. The Bertz CT molecular complexity index is 109. The molecule has 0 heterocycles. The van der Waals surface area contributed by atoms with E-state index in [2.05, 4.69) is 33.0 Å². The Morgan fingerprint density at radius 3 is 2.54 bits per heavy atom. The van der Waals surface area contributed by atoms with E-state index in [9.17, 15) is 0 Å². The van der Waals surface area contributed by atoms with Gasteiger partial charge in [-0.25, -0.2) is 0 Å². The van der Waals surface area contributed by atoms with Crippen LogP contribution >= 0.6 is 11.8 Å². The SMILES string of the molecule is CCSCC(C)NCCOC(C)C. The van der Waals surface area contributed by atoms with Crippen molar-refractivity contribution < 1.29 is 4.74 Å². The van der Waals surface area contributed by atoms with Crippen LogP contribution in [0.25, 0.3) is 0 Å². The largest absolute Gasteiger partial charge is 0.377 e. The Kier molecular flexibility index (Phi) is 9.03. The molecule has 0 amide bonds. The maximum absolute atomic E-state index is 5.43. The van der Waals surface area contributed by atoms with Crippen molar-refractivity contribution in [1.82, 2.24) is 5.32 Å². The molecule has 1 N–H and O–H groups in total. The van der Waals surface area contributed by atoms with Crippen LogP contribution in [-0.2, 0) is 4.74 Å². The zero-order valence-corrected chi connectivity index (χ0v) is 10.1. The van der Waals surface area contributed by atoms with Crippen molar-refractivity contribution in [2.24, 2.45) is 0 Å². The Morgan fingerprint density at radius 2 is 2.00 bits per heavy atom. The zero-order valence-electron chi connectivity index (χ0n) is 9.30. The third-order valence-electron chi connectivity index (χ3n) is 1.62. The van der Waals surface area contributed by atoms with Crippen LogP contribution in [0.2, 0.25) is 0 Å². The third kappa shape index (κ3) is 10.2. The van der Waals surface area contributed by atoms with Crippen molar-refractivity contribution in [2.75, 3.05) is 24.7 Å². The fourth-order valence-electron chi connectivity index (χ4n) is 0.954. The van der Waals surface area contributed by atoms with Crippen LogP contribution < -0.4 is 5.32 Å². The molecule has 0 aromatic rings. The summed E-state index contributed by atoms with van der Waals surface area (Å²) in [4.78, 5) is 0. The quantitative estimate of drug-likeness (QED) is 0.614. The Labute approximate surface area is 86.8 Å². The molecule has 0 spiro atoms. The van der Waals surface area contributed by atoms with E-state index in [0.29, 0.717) is 12.1 Å². The van der Waals surface area contributed by atoms with Gasteiger partial charge in [-0.3, -0.25) is 0 Å². The van der Waals surface area contributed by atoms with Crippen molar-refractivity contribution in [1.29, 1.82) is 0 Å². The highest BCUT2D eigenvalue weighted by molar-refractivity contribution is 7.99. The van der Waals surface area contributed by atoms with Gasteiger partial charge in [0.25, 0.3) is 0 Å². The van der Waals surface area contributed by atoms with Crippen LogP contribution in [0, 0.1) is 0 Å². The molecule has 0 bridgehead atoms. The number of rotatable bonds is 8. The lowest BCUT2D eigenvalue weighted by Gasteiger charge is -2.13. The molecular weight excluding hydrogens is 182 g/mol. The van der Waals surface area contributed by atoms with Crippen molar-refractivity contribution in [3.63, 3.8) is 0 Å². The summed E-state index contributed by atoms with van der Waals surface area (Å²) in [5.41, 5.74) is 0. The van der Waals surface area contributed by atoms with Crippen molar-refractivity contribution >= 4 is 11.8 Å². The first-order chi connectivity index (χ1) is 6.16. The molecule has 0 aliphatic heterocycles. The predicted octanol–water partition coefficient (Wildman–Crippen LogP) is 2.14. The molecule has 1 unspecified atom stereocenters. The van der Waals surface area contributed by atoms with Crippen LogP contribution in [0.4, 0.5) is 0 Å². The summed E-state index contributed by atoms with van der Waals surface area (Å²) in [6.45, 7) is 10.3. The Hall–Kier alpha value is 0.270. The average molecular weight is 205 g/mol. The van der Waals surface area contributed by atoms with Gasteiger partial charge in [-0.05, 0) is 26.5 Å². The van der Waals surface area contributed by atoms with Gasteiger partial charge in [0, 0.05) is 18.3 Å². The molecule has 0 radical (unpaired) electrons. The first-order valence-electron chi connectivity index (χ1n) is 5.09. The van der Waals surface area contributed by atoms with Crippen molar-refractivity contribution in [3.05, 3.63) is 0 Å². The maximum atomic E-state index is 5.43. The van der Waals surface area contributed by atoms with E-state index in [1.165, 1.54) is 11.5 Å². The van der Waals surface area contributed by atoms with Crippen LogP contribution in [0.3, 0.4) is 0 Å². The lowest BCUT2D eigenvalue weighted by molar-refractivity contribution is 0.0799. The topological polar surface area (TPSA) is 21.3 Å². The highest BCUT2D eigenvalue weighted by Crippen LogP contribution is 2.00. The summed E-state index contributed by atoms with van der Waals surface area (Å²) >= 11 is 1.98. The van der Waals surface area contributed by atoms with Gasteiger partial charge >= 0.3 is 0 Å². The van der Waals surface area contributed by atoms with Crippen molar-refractivity contribution in [2.45, 2.75) is 39.8 Å². The normalized spacial score (nSPS) is 13.6. The molecule has 0 fully saturated rings. The van der Waals surface area contributed by atoms with Gasteiger partial charge in [-0.2, -0.15) is 11.8 Å². The van der Waals surface area contributed by atoms with E-state index >= 15 is 0 Å². The predicted molar refractivity (Wildman–Crippen MR) is 61.6 cm³/mol. The van der Waals surface area contributed by atoms with E-state index in [1.807, 2.05) is 11.8 Å². The standard InChI is InChI=1S/C10H23NOS/c1-5-13-8-10(4)11-6-7-12-9(2)3/h9-11H,5-8H2,1-4H3. The molecule has 2 nitrogen and oxygen atoms in total. The first-order valence-corrected chi connectivity index (χ1v) is 6.25. The van der Waals surface area contributed by atoms with E-state index in [-0.39, 0.29) is 0 Å². The Morgan fingerprint density at radius 1 is 1.31 bits per heavy atom. The molecule has 1 atom stereocenters. The fraction of sp³-hybridized carbons (Fsp3) is 1.00. The van der Waals surface area contributed by atoms with Gasteiger partial charge in [-0.15, -0.1) is 0 Å².